The lowest BCUT2D eigenvalue weighted by atomic mass is 9.77. The van der Waals surface area contributed by atoms with Crippen LogP contribution in [0.1, 0.15) is 24.0 Å². The second-order valence-electron chi connectivity index (χ2n) is 7.12. The normalized spacial score (nSPS) is 16.2. The lowest BCUT2D eigenvalue weighted by molar-refractivity contribution is -0.137. The zero-order chi connectivity index (χ0) is 21.6. The third-order valence-corrected chi connectivity index (χ3v) is 5.48. The fraction of sp³-hybridized carbons (Fsp3) is 0.318. The summed E-state index contributed by atoms with van der Waals surface area (Å²) in [5, 5.41) is 25.9. The van der Waals surface area contributed by atoms with Gasteiger partial charge in [-0.05, 0) is 42.5 Å². The molecule has 0 unspecified atom stereocenters. The highest BCUT2D eigenvalue weighted by Crippen LogP contribution is 2.35. The molecule has 3 rings (SSSR count). The first-order valence-corrected chi connectivity index (χ1v) is 9.96. The minimum atomic E-state index is -1.34. The van der Waals surface area contributed by atoms with Crippen LogP contribution in [0.4, 0.5) is 5.69 Å². The summed E-state index contributed by atoms with van der Waals surface area (Å²) in [6, 6.07) is 15.4. The van der Waals surface area contributed by atoms with E-state index in [2.05, 4.69) is 10.6 Å². The van der Waals surface area contributed by atoms with Crippen molar-refractivity contribution in [3.8, 4) is 6.07 Å². The molecule has 2 aromatic carbocycles. The summed E-state index contributed by atoms with van der Waals surface area (Å²) in [6.45, 7) is 0.925. The number of nitrogens with zero attached hydrogens (tertiary/aromatic N) is 1. The van der Waals surface area contributed by atoms with Crippen molar-refractivity contribution >= 4 is 29.1 Å². The molecule has 0 bridgehead atoms. The van der Waals surface area contributed by atoms with Crippen LogP contribution in [0.25, 0.3) is 0 Å². The number of carbonyl (C=O) groups is 2. The quantitative estimate of drug-likeness (QED) is 0.635. The molecule has 1 saturated heterocycles. The fourth-order valence-corrected chi connectivity index (χ4v) is 3.75. The number of nitrogens with one attached hydrogen (secondary N) is 2. The average molecular weight is 428 g/mol. The first kappa shape index (κ1) is 21.8. The van der Waals surface area contributed by atoms with Gasteiger partial charge in [0.15, 0.2) is 0 Å². The zero-order valence-electron chi connectivity index (χ0n) is 16.2. The highest BCUT2D eigenvalue weighted by molar-refractivity contribution is 6.40. The third kappa shape index (κ3) is 4.97. The van der Waals surface area contributed by atoms with Gasteiger partial charge in [-0.3, -0.25) is 9.59 Å². The van der Waals surface area contributed by atoms with Gasteiger partial charge in [0.2, 0.25) is 0 Å². The van der Waals surface area contributed by atoms with Crippen molar-refractivity contribution in [2.24, 2.45) is 5.92 Å². The number of amides is 2. The van der Waals surface area contributed by atoms with Crippen LogP contribution in [0.15, 0.2) is 48.5 Å². The third-order valence-electron chi connectivity index (χ3n) is 5.25. The summed E-state index contributed by atoms with van der Waals surface area (Å²) in [5.74, 6) is -1.99. The standard InChI is InChI=1S/C22H22ClN3O4/c23-18-7-6-15(13-24)19(12-18)26-21(28)20(27)25-14-22(29,16-4-2-1-3-5-16)17-8-10-30-11-9-17/h1-7,12,17,29H,8-11,14H2,(H,25,27)(H,26,28)/t22-/m0/s1. The molecule has 7 nitrogen and oxygen atoms in total. The van der Waals surface area contributed by atoms with Crippen LogP contribution < -0.4 is 10.6 Å². The van der Waals surface area contributed by atoms with Crippen LogP contribution in [0.5, 0.6) is 0 Å². The molecule has 0 saturated carbocycles. The molecular weight excluding hydrogens is 406 g/mol. The summed E-state index contributed by atoms with van der Waals surface area (Å²) in [4.78, 5) is 24.8. The summed E-state index contributed by atoms with van der Waals surface area (Å²) >= 11 is 5.91. The molecule has 1 fully saturated rings. The van der Waals surface area contributed by atoms with Gasteiger partial charge in [0, 0.05) is 18.2 Å². The first-order valence-electron chi connectivity index (χ1n) is 9.58. The highest BCUT2D eigenvalue weighted by atomic mass is 35.5. The Kier molecular flexibility index (Phi) is 7.06. The van der Waals surface area contributed by atoms with Gasteiger partial charge >= 0.3 is 11.8 Å². The van der Waals surface area contributed by atoms with Crippen molar-refractivity contribution < 1.29 is 19.4 Å². The van der Waals surface area contributed by atoms with E-state index in [1.165, 1.54) is 18.2 Å². The molecule has 1 aliphatic rings. The molecule has 1 heterocycles. The van der Waals surface area contributed by atoms with E-state index in [4.69, 9.17) is 21.6 Å². The van der Waals surface area contributed by atoms with Crippen LogP contribution in [0.2, 0.25) is 5.02 Å². The number of hydrogen-bond acceptors (Lipinski definition) is 5. The Morgan fingerprint density at radius 3 is 2.53 bits per heavy atom. The molecule has 0 spiro atoms. The number of carbonyl (C=O) groups excluding carboxylic acids is 2. The second-order valence-corrected chi connectivity index (χ2v) is 7.55. The highest BCUT2D eigenvalue weighted by Gasteiger charge is 2.39. The van der Waals surface area contributed by atoms with E-state index in [9.17, 15) is 14.7 Å². The van der Waals surface area contributed by atoms with Crippen LogP contribution in [0.3, 0.4) is 0 Å². The Morgan fingerprint density at radius 1 is 1.17 bits per heavy atom. The largest absolute Gasteiger partial charge is 0.383 e. The zero-order valence-corrected chi connectivity index (χ0v) is 17.0. The monoisotopic (exact) mass is 427 g/mol. The second kappa shape index (κ2) is 9.72. The molecule has 2 aromatic rings. The van der Waals surface area contributed by atoms with Gasteiger partial charge in [0.1, 0.15) is 11.7 Å². The van der Waals surface area contributed by atoms with Crippen molar-refractivity contribution in [2.45, 2.75) is 18.4 Å². The van der Waals surface area contributed by atoms with Crippen molar-refractivity contribution in [1.82, 2.24) is 5.32 Å². The smallest absolute Gasteiger partial charge is 0.313 e. The number of aliphatic hydroxyl groups is 1. The number of benzene rings is 2. The molecule has 1 aliphatic heterocycles. The van der Waals surface area contributed by atoms with E-state index in [0.29, 0.717) is 36.6 Å². The Morgan fingerprint density at radius 2 is 1.87 bits per heavy atom. The van der Waals surface area contributed by atoms with Crippen LogP contribution >= 0.6 is 11.6 Å². The molecule has 0 aromatic heterocycles. The van der Waals surface area contributed by atoms with E-state index >= 15 is 0 Å². The van der Waals surface area contributed by atoms with Crippen LogP contribution in [-0.2, 0) is 19.9 Å². The van der Waals surface area contributed by atoms with Crippen molar-refractivity contribution in [2.75, 3.05) is 25.1 Å². The van der Waals surface area contributed by atoms with Gasteiger partial charge in [0.25, 0.3) is 0 Å². The summed E-state index contributed by atoms with van der Waals surface area (Å²) < 4.78 is 5.39. The number of halogens is 1. The number of rotatable bonds is 5. The maximum absolute atomic E-state index is 12.4. The summed E-state index contributed by atoms with van der Waals surface area (Å²) in [5.41, 5.74) is -0.342. The molecule has 8 heteroatoms. The molecule has 0 radical (unpaired) electrons. The topological polar surface area (TPSA) is 111 Å². The van der Waals surface area contributed by atoms with Crippen molar-refractivity contribution in [1.29, 1.82) is 5.26 Å². The van der Waals surface area contributed by atoms with Gasteiger partial charge in [-0.2, -0.15) is 5.26 Å². The Labute approximate surface area is 179 Å². The van der Waals surface area contributed by atoms with Crippen LogP contribution in [-0.4, -0.2) is 36.7 Å². The van der Waals surface area contributed by atoms with Crippen LogP contribution in [0, 0.1) is 17.2 Å². The molecule has 156 valence electrons. The van der Waals surface area contributed by atoms with E-state index in [0.717, 1.165) is 0 Å². The van der Waals surface area contributed by atoms with E-state index in [1.54, 1.807) is 12.1 Å². The maximum Gasteiger partial charge on any atom is 0.313 e. The molecule has 30 heavy (non-hydrogen) atoms. The first-order chi connectivity index (χ1) is 14.4. The Balaban J connectivity index is 1.72. The number of nitriles is 1. The van der Waals surface area contributed by atoms with Gasteiger partial charge in [-0.1, -0.05) is 41.9 Å². The predicted octanol–water partition coefficient (Wildman–Crippen LogP) is 2.58. The van der Waals surface area contributed by atoms with E-state index in [1.807, 2.05) is 24.3 Å². The summed E-state index contributed by atoms with van der Waals surface area (Å²) in [6.07, 6.45) is 1.28. The summed E-state index contributed by atoms with van der Waals surface area (Å²) in [7, 11) is 0. The minimum absolute atomic E-state index is 0.130. The maximum atomic E-state index is 12.4. The lowest BCUT2D eigenvalue weighted by Gasteiger charge is -2.39. The molecule has 3 N–H and O–H groups in total. The van der Waals surface area contributed by atoms with Crippen molar-refractivity contribution in [3.05, 3.63) is 64.7 Å². The van der Waals surface area contributed by atoms with E-state index in [-0.39, 0.29) is 23.7 Å². The lowest BCUT2D eigenvalue weighted by Crippen LogP contribution is -2.49. The Bertz CT molecular complexity index is 955. The number of ether oxygens (including phenoxy) is 1. The van der Waals surface area contributed by atoms with Gasteiger partial charge in [-0.15, -0.1) is 0 Å². The van der Waals surface area contributed by atoms with Gasteiger partial charge < -0.3 is 20.5 Å². The predicted molar refractivity (Wildman–Crippen MR) is 112 cm³/mol. The molecule has 2 amide bonds. The van der Waals surface area contributed by atoms with E-state index < -0.39 is 17.4 Å². The molecule has 1 atom stereocenters. The SMILES string of the molecule is N#Cc1ccc(Cl)cc1NC(=O)C(=O)NC[C@](O)(c1ccccc1)C1CCOCC1. The Hall–Kier alpha value is -2.92. The average Bonchev–Trinajstić information content (AvgIpc) is 2.78. The minimum Gasteiger partial charge on any atom is -0.383 e. The molecule has 0 aliphatic carbocycles. The van der Waals surface area contributed by atoms with Crippen molar-refractivity contribution in [3.63, 3.8) is 0 Å². The molecular formula is C22H22ClN3O4. The number of anilines is 1. The fourth-order valence-electron chi connectivity index (χ4n) is 3.58. The van der Waals surface area contributed by atoms with Gasteiger partial charge in [0.05, 0.1) is 17.8 Å². The number of hydrogen-bond donors (Lipinski definition) is 3. The van der Waals surface area contributed by atoms with Gasteiger partial charge in [-0.25, -0.2) is 0 Å².